The molecule has 0 unspecified atom stereocenters. The fourth-order valence-corrected chi connectivity index (χ4v) is 4.04. The van der Waals surface area contributed by atoms with Crippen LogP contribution >= 0.6 is 23.2 Å². The quantitative estimate of drug-likeness (QED) is 0.912. The van der Waals surface area contributed by atoms with Gasteiger partial charge in [-0.05, 0) is 61.8 Å². The van der Waals surface area contributed by atoms with Gasteiger partial charge in [0, 0.05) is 35.1 Å². The van der Waals surface area contributed by atoms with Crippen LogP contribution in [0.25, 0.3) is 0 Å². The molecule has 1 aromatic rings. The molecule has 0 radical (unpaired) electrons. The Bertz CT molecular complexity index is 556. The third-order valence-electron chi connectivity index (χ3n) is 4.93. The van der Waals surface area contributed by atoms with Gasteiger partial charge in [-0.3, -0.25) is 4.79 Å². The Morgan fingerprint density at radius 3 is 2.64 bits per heavy atom. The summed E-state index contributed by atoms with van der Waals surface area (Å²) >= 11 is 12.1. The number of carbonyl (C=O) groups is 1. The molecular formula is C17H22Cl2N2O. The molecule has 1 aliphatic carbocycles. The van der Waals surface area contributed by atoms with E-state index in [2.05, 4.69) is 0 Å². The van der Waals surface area contributed by atoms with E-state index in [0.29, 0.717) is 16.0 Å². The minimum Gasteiger partial charge on any atom is -0.342 e. The van der Waals surface area contributed by atoms with Crippen molar-refractivity contribution in [2.75, 3.05) is 13.1 Å². The third-order valence-corrected chi connectivity index (χ3v) is 5.37. The van der Waals surface area contributed by atoms with E-state index in [1.165, 1.54) is 0 Å². The molecule has 2 aliphatic rings. The van der Waals surface area contributed by atoms with Gasteiger partial charge >= 0.3 is 0 Å². The fraction of sp³-hybridized carbons (Fsp3) is 0.588. The summed E-state index contributed by atoms with van der Waals surface area (Å²) in [4.78, 5) is 14.7. The predicted octanol–water partition coefficient (Wildman–Crippen LogP) is 3.68. The van der Waals surface area contributed by atoms with Crippen LogP contribution in [0.3, 0.4) is 0 Å². The van der Waals surface area contributed by atoms with Crippen molar-refractivity contribution in [2.45, 2.75) is 38.1 Å². The highest BCUT2D eigenvalue weighted by atomic mass is 35.5. The largest absolute Gasteiger partial charge is 0.342 e. The maximum Gasteiger partial charge on any atom is 0.226 e. The molecule has 0 spiro atoms. The molecule has 3 rings (SSSR count). The number of hydrogen-bond acceptors (Lipinski definition) is 2. The van der Waals surface area contributed by atoms with Crippen LogP contribution in [0.15, 0.2) is 18.2 Å². The van der Waals surface area contributed by atoms with Crippen LogP contribution < -0.4 is 5.73 Å². The standard InChI is InChI=1S/C17H22Cl2N2O/c1-10(20)11-3-2-4-21(9-11)17(22)16-8-15(16)12-5-13(18)7-14(19)6-12/h5-7,10-11,15-16H,2-4,8-9,20H2,1H3/t10-,11+,15-,16-/m0/s1. The zero-order chi connectivity index (χ0) is 15.9. The summed E-state index contributed by atoms with van der Waals surface area (Å²) in [5.74, 6) is 1.04. The van der Waals surface area contributed by atoms with E-state index in [-0.39, 0.29) is 23.8 Å². The normalized spacial score (nSPS) is 29.3. The monoisotopic (exact) mass is 340 g/mol. The number of piperidine rings is 1. The van der Waals surface area contributed by atoms with E-state index in [1.807, 2.05) is 24.0 Å². The van der Waals surface area contributed by atoms with Crippen molar-refractivity contribution in [1.82, 2.24) is 4.90 Å². The summed E-state index contributed by atoms with van der Waals surface area (Å²) < 4.78 is 0. The summed E-state index contributed by atoms with van der Waals surface area (Å²) in [7, 11) is 0. The number of carbonyl (C=O) groups excluding carboxylic acids is 1. The molecule has 1 aromatic carbocycles. The topological polar surface area (TPSA) is 46.3 Å². The second kappa shape index (κ2) is 6.38. The molecule has 4 atom stereocenters. The molecule has 1 amide bonds. The molecule has 1 saturated heterocycles. The minimum absolute atomic E-state index is 0.0846. The highest BCUT2D eigenvalue weighted by molar-refractivity contribution is 6.34. The average Bonchev–Trinajstić information content (AvgIpc) is 3.26. The van der Waals surface area contributed by atoms with E-state index >= 15 is 0 Å². The summed E-state index contributed by atoms with van der Waals surface area (Å²) in [5, 5.41) is 1.27. The number of hydrogen-bond donors (Lipinski definition) is 1. The van der Waals surface area contributed by atoms with Gasteiger partial charge in [0.25, 0.3) is 0 Å². The van der Waals surface area contributed by atoms with Crippen LogP contribution in [0.4, 0.5) is 0 Å². The van der Waals surface area contributed by atoms with E-state index in [1.54, 1.807) is 6.07 Å². The van der Waals surface area contributed by atoms with Gasteiger partial charge in [-0.25, -0.2) is 0 Å². The molecule has 1 saturated carbocycles. The van der Waals surface area contributed by atoms with Gasteiger partial charge in [0.15, 0.2) is 0 Å². The molecule has 1 heterocycles. The smallest absolute Gasteiger partial charge is 0.226 e. The summed E-state index contributed by atoms with van der Waals surface area (Å²) in [6, 6.07) is 5.72. The maximum atomic E-state index is 12.7. The molecule has 3 nitrogen and oxygen atoms in total. The summed E-state index contributed by atoms with van der Waals surface area (Å²) in [6.45, 7) is 3.70. The van der Waals surface area contributed by atoms with Crippen LogP contribution in [0.2, 0.25) is 10.0 Å². The highest BCUT2D eigenvalue weighted by Gasteiger charge is 2.46. The number of nitrogens with two attached hydrogens (primary N) is 1. The maximum absolute atomic E-state index is 12.7. The van der Waals surface area contributed by atoms with Gasteiger partial charge in [-0.2, -0.15) is 0 Å². The minimum atomic E-state index is 0.0846. The van der Waals surface area contributed by atoms with E-state index in [9.17, 15) is 4.79 Å². The van der Waals surface area contributed by atoms with Crippen molar-refractivity contribution in [3.63, 3.8) is 0 Å². The van der Waals surface area contributed by atoms with Gasteiger partial charge in [-0.15, -0.1) is 0 Å². The van der Waals surface area contributed by atoms with Crippen molar-refractivity contribution in [3.05, 3.63) is 33.8 Å². The third kappa shape index (κ3) is 3.42. The second-order valence-electron chi connectivity index (χ2n) is 6.70. The molecule has 120 valence electrons. The Hall–Kier alpha value is -0.770. The lowest BCUT2D eigenvalue weighted by atomic mass is 9.92. The van der Waals surface area contributed by atoms with Gasteiger partial charge in [-0.1, -0.05) is 23.2 Å². The van der Waals surface area contributed by atoms with Crippen molar-refractivity contribution in [1.29, 1.82) is 0 Å². The van der Waals surface area contributed by atoms with Gasteiger partial charge in [0.2, 0.25) is 5.91 Å². The predicted molar refractivity (Wildman–Crippen MR) is 90.3 cm³/mol. The van der Waals surface area contributed by atoms with Crippen LogP contribution in [-0.2, 0) is 4.79 Å². The van der Waals surface area contributed by atoms with Crippen LogP contribution in [0.1, 0.15) is 37.7 Å². The average molecular weight is 341 g/mol. The summed E-state index contributed by atoms with van der Waals surface area (Å²) in [5.41, 5.74) is 7.09. The fourth-order valence-electron chi connectivity index (χ4n) is 3.50. The molecule has 1 aliphatic heterocycles. The van der Waals surface area contributed by atoms with Crippen LogP contribution in [-0.4, -0.2) is 29.9 Å². The van der Waals surface area contributed by atoms with Gasteiger partial charge in [0.05, 0.1) is 0 Å². The first-order chi connectivity index (χ1) is 10.5. The van der Waals surface area contributed by atoms with Crippen molar-refractivity contribution >= 4 is 29.1 Å². The van der Waals surface area contributed by atoms with Crippen molar-refractivity contribution in [3.8, 4) is 0 Å². The molecule has 0 aromatic heterocycles. The number of likely N-dealkylation sites (tertiary alicyclic amines) is 1. The molecule has 0 bridgehead atoms. The zero-order valence-electron chi connectivity index (χ0n) is 12.8. The first kappa shape index (κ1) is 16.1. The van der Waals surface area contributed by atoms with Gasteiger partial charge in [0.1, 0.15) is 0 Å². The molecule has 22 heavy (non-hydrogen) atoms. The van der Waals surface area contributed by atoms with Crippen molar-refractivity contribution < 1.29 is 4.79 Å². The number of rotatable bonds is 3. The first-order valence-electron chi connectivity index (χ1n) is 7.96. The molecular weight excluding hydrogens is 319 g/mol. The lowest BCUT2D eigenvalue weighted by Gasteiger charge is -2.34. The second-order valence-corrected chi connectivity index (χ2v) is 7.57. The Balaban J connectivity index is 1.65. The van der Waals surface area contributed by atoms with Crippen LogP contribution in [0, 0.1) is 11.8 Å². The lowest BCUT2D eigenvalue weighted by molar-refractivity contribution is -0.134. The Kier molecular flexibility index (Phi) is 4.67. The number of halogens is 2. The first-order valence-corrected chi connectivity index (χ1v) is 8.71. The van der Waals surface area contributed by atoms with E-state index in [4.69, 9.17) is 28.9 Å². The Morgan fingerprint density at radius 2 is 2.00 bits per heavy atom. The number of benzene rings is 1. The van der Waals surface area contributed by atoms with E-state index < -0.39 is 0 Å². The summed E-state index contributed by atoms with van der Waals surface area (Å²) in [6.07, 6.45) is 3.08. The van der Waals surface area contributed by atoms with E-state index in [0.717, 1.165) is 37.9 Å². The zero-order valence-corrected chi connectivity index (χ0v) is 14.3. The Morgan fingerprint density at radius 1 is 1.32 bits per heavy atom. The SMILES string of the molecule is C[C@H](N)[C@@H]1CCCN(C(=O)[C@H]2C[C@H]2c2cc(Cl)cc(Cl)c2)C1. The number of nitrogens with zero attached hydrogens (tertiary/aromatic N) is 1. The van der Waals surface area contributed by atoms with Crippen molar-refractivity contribution in [2.24, 2.45) is 17.6 Å². The number of amides is 1. The highest BCUT2D eigenvalue weighted by Crippen LogP contribution is 2.49. The molecule has 5 heteroatoms. The molecule has 2 N–H and O–H groups in total. The van der Waals surface area contributed by atoms with Crippen LogP contribution in [0.5, 0.6) is 0 Å². The lowest BCUT2D eigenvalue weighted by Crippen LogP contribution is -2.45. The molecule has 2 fully saturated rings. The Labute approximate surface area is 141 Å². The van der Waals surface area contributed by atoms with Gasteiger partial charge < -0.3 is 10.6 Å².